The summed E-state index contributed by atoms with van der Waals surface area (Å²) in [5.41, 5.74) is 10.3. The molecule has 3 aromatic rings. The molecule has 0 spiro atoms. The molecule has 2 heterocycles. The summed E-state index contributed by atoms with van der Waals surface area (Å²) < 4.78 is 0. The topological polar surface area (TPSA) is 79.2 Å². The van der Waals surface area contributed by atoms with Gasteiger partial charge in [0.2, 0.25) is 0 Å². The first-order valence-corrected chi connectivity index (χ1v) is 11.0. The van der Waals surface area contributed by atoms with Gasteiger partial charge in [-0.05, 0) is 59.9 Å². The normalized spacial score (nSPS) is 14.5. The van der Waals surface area contributed by atoms with Gasteiger partial charge in [0.1, 0.15) is 5.56 Å². The molecule has 0 unspecified atom stereocenters. The number of hydrogen-bond acceptors (Lipinski definition) is 3. The van der Waals surface area contributed by atoms with Crippen LogP contribution in [0.25, 0.3) is 0 Å². The number of pyridine rings is 1. The number of hydrogen-bond donors (Lipinski definition) is 2. The van der Waals surface area contributed by atoms with Gasteiger partial charge >= 0.3 is 0 Å². The van der Waals surface area contributed by atoms with E-state index < -0.39 is 0 Å². The van der Waals surface area contributed by atoms with Gasteiger partial charge in [-0.25, -0.2) is 0 Å². The first kappa shape index (κ1) is 21.1. The summed E-state index contributed by atoms with van der Waals surface area (Å²) in [6.45, 7) is 1.85. The fourth-order valence-electron chi connectivity index (χ4n) is 4.33. The van der Waals surface area contributed by atoms with E-state index in [1.165, 1.54) is 11.1 Å². The van der Waals surface area contributed by atoms with E-state index in [9.17, 15) is 9.59 Å². The molecule has 1 amide bonds. The van der Waals surface area contributed by atoms with Gasteiger partial charge in [-0.2, -0.15) is 0 Å². The maximum atomic E-state index is 13.1. The summed E-state index contributed by atoms with van der Waals surface area (Å²) in [5.74, 6) is 0.253. The third kappa shape index (κ3) is 5.12. The standard InChI is InChI=1S/C26H29N3O2/c27-17-20-7-4-8-23(15-20)22-11-13-29(14-12-22)26(31)24-16-21(18-28-25(24)30)10-9-19-5-2-1-3-6-19/h1-8,15-16,18,22H,9-14,17,27H2,(H,28,30). The highest BCUT2D eigenvalue weighted by molar-refractivity contribution is 5.94. The molecule has 31 heavy (non-hydrogen) atoms. The van der Waals surface area contributed by atoms with Crippen molar-refractivity contribution in [1.82, 2.24) is 9.88 Å². The SMILES string of the molecule is NCc1cccc(C2CCN(C(=O)c3cc(CCc4ccccc4)c[nH]c3=O)CC2)c1. The molecule has 0 atom stereocenters. The number of nitrogens with one attached hydrogen (secondary N) is 1. The number of aromatic amines is 1. The van der Waals surface area contributed by atoms with E-state index in [1.807, 2.05) is 29.2 Å². The van der Waals surface area contributed by atoms with Crippen LogP contribution >= 0.6 is 0 Å². The van der Waals surface area contributed by atoms with Gasteiger partial charge in [0.15, 0.2) is 0 Å². The number of amides is 1. The lowest BCUT2D eigenvalue weighted by Gasteiger charge is -2.32. The molecule has 0 radical (unpaired) electrons. The second-order valence-electron chi connectivity index (χ2n) is 8.25. The zero-order chi connectivity index (χ0) is 21.6. The largest absolute Gasteiger partial charge is 0.338 e. The van der Waals surface area contributed by atoms with Crippen LogP contribution in [-0.2, 0) is 19.4 Å². The van der Waals surface area contributed by atoms with Crippen LogP contribution in [0, 0.1) is 0 Å². The van der Waals surface area contributed by atoms with E-state index in [0.717, 1.165) is 36.8 Å². The molecule has 5 nitrogen and oxygen atoms in total. The van der Waals surface area contributed by atoms with Gasteiger partial charge in [-0.1, -0.05) is 54.6 Å². The summed E-state index contributed by atoms with van der Waals surface area (Å²) in [5, 5.41) is 0. The van der Waals surface area contributed by atoms with E-state index in [0.29, 0.717) is 25.6 Å². The molecule has 1 aliphatic rings. The highest BCUT2D eigenvalue weighted by Gasteiger charge is 2.26. The summed E-state index contributed by atoms with van der Waals surface area (Å²) in [4.78, 5) is 30.0. The molecule has 1 aliphatic heterocycles. The molecular formula is C26H29N3O2. The van der Waals surface area contributed by atoms with Gasteiger partial charge < -0.3 is 15.6 Å². The molecule has 0 saturated carbocycles. The number of rotatable bonds is 6. The van der Waals surface area contributed by atoms with Gasteiger partial charge in [-0.15, -0.1) is 0 Å². The van der Waals surface area contributed by atoms with Crippen molar-refractivity contribution in [1.29, 1.82) is 0 Å². The molecule has 3 N–H and O–H groups in total. The van der Waals surface area contributed by atoms with E-state index in [1.54, 1.807) is 12.3 Å². The number of piperidine rings is 1. The lowest BCUT2D eigenvalue weighted by atomic mass is 9.88. The highest BCUT2D eigenvalue weighted by Crippen LogP contribution is 2.29. The lowest BCUT2D eigenvalue weighted by molar-refractivity contribution is 0.0711. The Morgan fingerprint density at radius 3 is 2.39 bits per heavy atom. The minimum Gasteiger partial charge on any atom is -0.338 e. The molecule has 0 bridgehead atoms. The van der Waals surface area contributed by atoms with E-state index in [4.69, 9.17) is 5.73 Å². The summed E-state index contributed by atoms with van der Waals surface area (Å²) >= 11 is 0. The van der Waals surface area contributed by atoms with E-state index in [2.05, 4.69) is 35.3 Å². The zero-order valence-corrected chi connectivity index (χ0v) is 17.7. The van der Waals surface area contributed by atoms with Crippen LogP contribution in [0.2, 0.25) is 0 Å². The minimum atomic E-state index is -0.314. The molecule has 5 heteroatoms. The second-order valence-corrected chi connectivity index (χ2v) is 8.25. The maximum Gasteiger partial charge on any atom is 0.260 e. The van der Waals surface area contributed by atoms with Crippen LogP contribution in [-0.4, -0.2) is 28.9 Å². The Kier molecular flexibility index (Phi) is 6.63. The predicted octanol–water partition coefficient (Wildman–Crippen LogP) is 3.64. The first-order valence-electron chi connectivity index (χ1n) is 11.0. The number of carbonyl (C=O) groups excluding carboxylic acids is 1. The van der Waals surface area contributed by atoms with Crippen LogP contribution in [0.3, 0.4) is 0 Å². The lowest BCUT2D eigenvalue weighted by Crippen LogP contribution is -2.40. The second kappa shape index (κ2) is 9.75. The molecule has 2 aromatic carbocycles. The van der Waals surface area contributed by atoms with E-state index in [-0.39, 0.29) is 17.0 Å². The quantitative estimate of drug-likeness (QED) is 0.645. The fraction of sp³-hybridized carbons (Fsp3) is 0.308. The molecular weight excluding hydrogens is 386 g/mol. The van der Waals surface area contributed by atoms with Crippen molar-refractivity contribution in [2.75, 3.05) is 13.1 Å². The van der Waals surface area contributed by atoms with E-state index >= 15 is 0 Å². The predicted molar refractivity (Wildman–Crippen MR) is 123 cm³/mol. The summed E-state index contributed by atoms with van der Waals surface area (Å²) in [7, 11) is 0. The van der Waals surface area contributed by atoms with Gasteiger partial charge in [0.05, 0.1) is 0 Å². The fourth-order valence-corrected chi connectivity index (χ4v) is 4.33. The van der Waals surface area contributed by atoms with Crippen molar-refractivity contribution in [3.05, 3.63) is 105 Å². The van der Waals surface area contributed by atoms with Crippen LogP contribution in [0.1, 0.15) is 51.4 Å². The number of likely N-dealkylation sites (tertiary alicyclic amines) is 1. The Labute approximate surface area is 182 Å². The number of H-pyrrole nitrogens is 1. The Hall–Kier alpha value is -3.18. The monoisotopic (exact) mass is 415 g/mol. The third-order valence-electron chi connectivity index (χ3n) is 6.18. The van der Waals surface area contributed by atoms with Crippen molar-refractivity contribution in [2.24, 2.45) is 5.73 Å². The maximum absolute atomic E-state index is 13.1. The highest BCUT2D eigenvalue weighted by atomic mass is 16.2. The van der Waals surface area contributed by atoms with Gasteiger partial charge in [0.25, 0.3) is 11.5 Å². The zero-order valence-electron chi connectivity index (χ0n) is 17.7. The summed E-state index contributed by atoms with van der Waals surface area (Å²) in [6, 6.07) is 20.4. The van der Waals surface area contributed by atoms with Crippen molar-refractivity contribution in [3.63, 3.8) is 0 Å². The molecule has 1 saturated heterocycles. The molecule has 0 aliphatic carbocycles. The van der Waals surface area contributed by atoms with Crippen LogP contribution < -0.4 is 11.3 Å². The third-order valence-corrected chi connectivity index (χ3v) is 6.18. The number of carbonyl (C=O) groups is 1. The van der Waals surface area contributed by atoms with Crippen LogP contribution in [0.15, 0.2) is 71.7 Å². The molecule has 1 aromatic heterocycles. The van der Waals surface area contributed by atoms with Gasteiger partial charge in [0, 0.05) is 25.8 Å². The van der Waals surface area contributed by atoms with Crippen molar-refractivity contribution in [3.8, 4) is 0 Å². The number of nitrogens with zero attached hydrogens (tertiary/aromatic N) is 1. The molecule has 4 rings (SSSR count). The Bertz CT molecular complexity index is 1080. The first-order chi connectivity index (χ1) is 15.1. The number of aryl methyl sites for hydroxylation is 2. The van der Waals surface area contributed by atoms with Crippen LogP contribution in [0.5, 0.6) is 0 Å². The smallest absolute Gasteiger partial charge is 0.260 e. The number of aromatic nitrogens is 1. The Morgan fingerprint density at radius 1 is 0.935 bits per heavy atom. The average molecular weight is 416 g/mol. The number of nitrogens with two attached hydrogens (primary N) is 1. The summed E-state index contributed by atoms with van der Waals surface area (Å²) in [6.07, 6.45) is 5.16. The van der Waals surface area contributed by atoms with Crippen molar-refractivity contribution in [2.45, 2.75) is 38.1 Å². The average Bonchev–Trinajstić information content (AvgIpc) is 2.84. The Morgan fingerprint density at radius 2 is 1.65 bits per heavy atom. The molecule has 160 valence electrons. The molecule has 1 fully saturated rings. The Balaban J connectivity index is 1.40. The van der Waals surface area contributed by atoms with Crippen molar-refractivity contribution >= 4 is 5.91 Å². The number of benzene rings is 2. The minimum absolute atomic E-state index is 0.169. The van der Waals surface area contributed by atoms with Crippen molar-refractivity contribution < 1.29 is 4.79 Å². The van der Waals surface area contributed by atoms with Crippen LogP contribution in [0.4, 0.5) is 0 Å². The van der Waals surface area contributed by atoms with Gasteiger partial charge in [-0.3, -0.25) is 9.59 Å².